The largest absolute Gasteiger partial charge is 0.330 e. The van der Waals surface area contributed by atoms with Gasteiger partial charge in [0.05, 0.1) is 0 Å². The maximum absolute atomic E-state index is 5.56. The Morgan fingerprint density at radius 2 is 1.79 bits per heavy atom. The van der Waals surface area contributed by atoms with Gasteiger partial charge in [-0.2, -0.15) is 0 Å². The fourth-order valence-corrected chi connectivity index (χ4v) is 2.57. The second-order valence-electron chi connectivity index (χ2n) is 5.03. The van der Waals surface area contributed by atoms with E-state index in [1.54, 1.807) is 0 Å². The van der Waals surface area contributed by atoms with E-state index in [2.05, 4.69) is 18.7 Å². The van der Waals surface area contributed by atoms with Gasteiger partial charge in [0.1, 0.15) is 0 Å². The zero-order valence-electron chi connectivity index (χ0n) is 9.84. The van der Waals surface area contributed by atoms with Crippen LogP contribution in [-0.2, 0) is 0 Å². The highest BCUT2D eigenvalue weighted by atomic mass is 15.1. The zero-order chi connectivity index (χ0) is 10.4. The van der Waals surface area contributed by atoms with Gasteiger partial charge in [0, 0.05) is 6.54 Å². The highest BCUT2D eigenvalue weighted by molar-refractivity contribution is 4.70. The summed E-state index contributed by atoms with van der Waals surface area (Å²) in [6.45, 7) is 9.51. The van der Waals surface area contributed by atoms with Gasteiger partial charge in [0.15, 0.2) is 0 Å². The molecule has 2 N–H and O–H groups in total. The lowest BCUT2D eigenvalue weighted by molar-refractivity contribution is 0.259. The van der Waals surface area contributed by atoms with Gasteiger partial charge < -0.3 is 10.6 Å². The molecule has 84 valence electrons. The number of hydrogen-bond donors (Lipinski definition) is 1. The summed E-state index contributed by atoms with van der Waals surface area (Å²) in [6.07, 6.45) is 5.34. The van der Waals surface area contributed by atoms with Crippen molar-refractivity contribution in [3.8, 4) is 0 Å². The molecule has 1 saturated heterocycles. The number of likely N-dealkylation sites (tertiary alicyclic amines) is 1. The highest BCUT2D eigenvalue weighted by Crippen LogP contribution is 2.17. The lowest BCUT2D eigenvalue weighted by atomic mass is 9.94. The molecule has 1 fully saturated rings. The van der Waals surface area contributed by atoms with Crippen LogP contribution in [0.4, 0.5) is 0 Å². The molecule has 2 atom stereocenters. The Hall–Kier alpha value is -0.0800. The Morgan fingerprint density at radius 1 is 1.14 bits per heavy atom. The molecule has 0 amide bonds. The Morgan fingerprint density at radius 3 is 2.36 bits per heavy atom. The van der Waals surface area contributed by atoms with Crippen LogP contribution < -0.4 is 5.73 Å². The van der Waals surface area contributed by atoms with E-state index in [4.69, 9.17) is 5.73 Å². The molecule has 1 aliphatic rings. The molecule has 0 aromatic rings. The van der Waals surface area contributed by atoms with Crippen molar-refractivity contribution in [1.82, 2.24) is 4.90 Å². The second-order valence-corrected chi connectivity index (χ2v) is 5.03. The van der Waals surface area contributed by atoms with Crippen LogP contribution in [-0.4, -0.2) is 31.1 Å². The standard InChI is InChI=1S/C12H26N2/c1-11(5-6-13)9-12(2)10-14-7-3-4-8-14/h11-12H,3-10,13H2,1-2H3. The summed E-state index contributed by atoms with van der Waals surface area (Å²) < 4.78 is 0. The molecule has 0 aromatic heterocycles. The summed E-state index contributed by atoms with van der Waals surface area (Å²) in [5.74, 6) is 1.65. The third kappa shape index (κ3) is 4.43. The Labute approximate surface area is 88.8 Å². The third-order valence-corrected chi connectivity index (χ3v) is 3.23. The Balaban J connectivity index is 2.10. The van der Waals surface area contributed by atoms with E-state index >= 15 is 0 Å². The maximum Gasteiger partial charge on any atom is 0.000712 e. The lowest BCUT2D eigenvalue weighted by Gasteiger charge is -2.22. The van der Waals surface area contributed by atoms with Crippen LogP contribution in [0.3, 0.4) is 0 Å². The van der Waals surface area contributed by atoms with E-state index < -0.39 is 0 Å². The molecule has 1 heterocycles. The van der Waals surface area contributed by atoms with Crippen molar-refractivity contribution >= 4 is 0 Å². The van der Waals surface area contributed by atoms with Gasteiger partial charge >= 0.3 is 0 Å². The molecule has 0 aliphatic carbocycles. The summed E-state index contributed by atoms with van der Waals surface area (Å²) in [6, 6.07) is 0. The predicted octanol–water partition coefficient (Wildman–Crippen LogP) is 2.09. The highest BCUT2D eigenvalue weighted by Gasteiger charge is 2.15. The number of hydrogen-bond acceptors (Lipinski definition) is 2. The minimum absolute atomic E-state index is 0.803. The fourth-order valence-electron chi connectivity index (χ4n) is 2.57. The predicted molar refractivity (Wildman–Crippen MR) is 62.3 cm³/mol. The van der Waals surface area contributed by atoms with Gasteiger partial charge in [0.25, 0.3) is 0 Å². The van der Waals surface area contributed by atoms with Crippen LogP contribution >= 0.6 is 0 Å². The van der Waals surface area contributed by atoms with Gasteiger partial charge in [0.2, 0.25) is 0 Å². The van der Waals surface area contributed by atoms with E-state index in [0.29, 0.717) is 0 Å². The van der Waals surface area contributed by atoms with Gasteiger partial charge in [-0.1, -0.05) is 13.8 Å². The van der Waals surface area contributed by atoms with Crippen molar-refractivity contribution in [3.05, 3.63) is 0 Å². The fraction of sp³-hybridized carbons (Fsp3) is 1.00. The lowest BCUT2D eigenvalue weighted by Crippen LogP contribution is -2.26. The quantitative estimate of drug-likeness (QED) is 0.708. The SMILES string of the molecule is CC(CCN)CC(C)CN1CCCC1. The zero-order valence-corrected chi connectivity index (χ0v) is 9.84. The van der Waals surface area contributed by atoms with E-state index in [9.17, 15) is 0 Å². The molecule has 0 bridgehead atoms. The van der Waals surface area contributed by atoms with Crippen molar-refractivity contribution in [3.63, 3.8) is 0 Å². The normalized spacial score (nSPS) is 22.5. The molecule has 0 spiro atoms. The average Bonchev–Trinajstić information content (AvgIpc) is 2.56. The second kappa shape index (κ2) is 6.41. The van der Waals surface area contributed by atoms with Crippen molar-refractivity contribution in [2.75, 3.05) is 26.2 Å². The summed E-state index contributed by atoms with van der Waals surface area (Å²) in [7, 11) is 0. The van der Waals surface area contributed by atoms with Crippen LogP contribution in [0.15, 0.2) is 0 Å². The molecule has 14 heavy (non-hydrogen) atoms. The van der Waals surface area contributed by atoms with Crippen LogP contribution in [0.25, 0.3) is 0 Å². The third-order valence-electron chi connectivity index (χ3n) is 3.23. The Bertz CT molecular complexity index is 141. The average molecular weight is 198 g/mol. The summed E-state index contributed by atoms with van der Waals surface area (Å²) in [5, 5.41) is 0. The molecular weight excluding hydrogens is 172 g/mol. The van der Waals surface area contributed by atoms with Crippen LogP contribution in [0.1, 0.15) is 39.5 Å². The van der Waals surface area contributed by atoms with E-state index in [-0.39, 0.29) is 0 Å². The van der Waals surface area contributed by atoms with Gasteiger partial charge in [-0.15, -0.1) is 0 Å². The molecule has 1 rings (SSSR count). The number of rotatable bonds is 6. The molecule has 2 heteroatoms. The monoisotopic (exact) mass is 198 g/mol. The molecule has 0 saturated carbocycles. The number of nitrogens with zero attached hydrogens (tertiary/aromatic N) is 1. The van der Waals surface area contributed by atoms with Crippen molar-refractivity contribution in [2.45, 2.75) is 39.5 Å². The first-order valence-electron chi connectivity index (χ1n) is 6.14. The first kappa shape index (κ1) is 12.0. The minimum Gasteiger partial charge on any atom is -0.330 e. The molecule has 0 radical (unpaired) electrons. The number of nitrogens with two attached hydrogens (primary N) is 1. The minimum atomic E-state index is 0.803. The van der Waals surface area contributed by atoms with Crippen LogP contribution in [0, 0.1) is 11.8 Å². The summed E-state index contributed by atoms with van der Waals surface area (Å²) in [5.41, 5.74) is 5.56. The van der Waals surface area contributed by atoms with Gasteiger partial charge in [-0.3, -0.25) is 0 Å². The van der Waals surface area contributed by atoms with Crippen molar-refractivity contribution in [1.29, 1.82) is 0 Å². The molecule has 2 nitrogen and oxygen atoms in total. The summed E-state index contributed by atoms with van der Waals surface area (Å²) >= 11 is 0. The van der Waals surface area contributed by atoms with Gasteiger partial charge in [-0.25, -0.2) is 0 Å². The van der Waals surface area contributed by atoms with E-state index in [1.165, 1.54) is 45.3 Å². The van der Waals surface area contributed by atoms with Crippen molar-refractivity contribution < 1.29 is 0 Å². The van der Waals surface area contributed by atoms with Crippen LogP contribution in [0.5, 0.6) is 0 Å². The maximum atomic E-state index is 5.56. The van der Waals surface area contributed by atoms with Gasteiger partial charge in [-0.05, 0) is 57.2 Å². The Kier molecular flexibility index (Phi) is 5.49. The molecule has 1 aliphatic heterocycles. The van der Waals surface area contributed by atoms with E-state index in [0.717, 1.165) is 18.4 Å². The summed E-state index contributed by atoms with van der Waals surface area (Å²) in [4.78, 5) is 2.61. The van der Waals surface area contributed by atoms with Crippen LogP contribution in [0.2, 0.25) is 0 Å². The topological polar surface area (TPSA) is 29.3 Å². The first-order valence-corrected chi connectivity index (χ1v) is 6.14. The molecule has 2 unspecified atom stereocenters. The first-order chi connectivity index (χ1) is 6.72. The van der Waals surface area contributed by atoms with Crippen molar-refractivity contribution in [2.24, 2.45) is 17.6 Å². The molecular formula is C12H26N2. The van der Waals surface area contributed by atoms with E-state index in [1.807, 2.05) is 0 Å². The molecule has 0 aromatic carbocycles. The smallest absolute Gasteiger partial charge is 0.000712 e.